The molecule has 1 saturated heterocycles. The minimum atomic E-state index is -0.778. The summed E-state index contributed by atoms with van der Waals surface area (Å²) in [5.41, 5.74) is 0. The zero-order valence-corrected chi connectivity index (χ0v) is 8.83. The molecule has 0 amide bonds. The Morgan fingerprint density at radius 2 is 2.38 bits per heavy atom. The van der Waals surface area contributed by atoms with Crippen LogP contribution >= 0.6 is 0 Å². The zero-order valence-electron chi connectivity index (χ0n) is 8.83. The molecule has 1 aliphatic heterocycles. The number of piperidine rings is 1. The van der Waals surface area contributed by atoms with Crippen LogP contribution in [0.5, 0.6) is 5.75 Å². The summed E-state index contributed by atoms with van der Waals surface area (Å²) in [6.07, 6.45) is 3.10. The van der Waals surface area contributed by atoms with Crippen molar-refractivity contribution in [2.45, 2.75) is 12.8 Å². The fourth-order valence-electron chi connectivity index (χ4n) is 2.00. The van der Waals surface area contributed by atoms with Crippen LogP contribution in [-0.2, 0) is 4.79 Å². The first-order valence-electron chi connectivity index (χ1n) is 5.30. The molecular formula is C11H14N2O3. The average Bonchev–Trinajstić information content (AvgIpc) is 2.30. The lowest BCUT2D eigenvalue weighted by Gasteiger charge is -2.31. The number of anilines is 1. The number of carbonyl (C=O) groups is 1. The molecule has 2 heterocycles. The Morgan fingerprint density at radius 1 is 1.56 bits per heavy atom. The lowest BCUT2D eigenvalue weighted by Crippen LogP contribution is -2.39. The molecule has 1 atom stereocenters. The van der Waals surface area contributed by atoms with Crippen LogP contribution in [0.3, 0.4) is 0 Å². The number of pyridine rings is 1. The molecule has 1 aromatic rings. The largest absolute Gasteiger partial charge is 0.504 e. The van der Waals surface area contributed by atoms with E-state index in [1.807, 2.05) is 4.90 Å². The van der Waals surface area contributed by atoms with Crippen LogP contribution in [-0.4, -0.2) is 34.3 Å². The van der Waals surface area contributed by atoms with Crippen molar-refractivity contribution in [2.24, 2.45) is 5.92 Å². The molecule has 2 N–H and O–H groups in total. The van der Waals surface area contributed by atoms with Gasteiger partial charge in [-0.1, -0.05) is 0 Å². The third kappa shape index (κ3) is 2.08. The predicted octanol–water partition coefficient (Wildman–Crippen LogP) is 1.09. The fraction of sp³-hybridized carbons (Fsp3) is 0.455. The molecule has 1 fully saturated rings. The predicted molar refractivity (Wildman–Crippen MR) is 58.5 cm³/mol. The van der Waals surface area contributed by atoms with Crippen molar-refractivity contribution in [3.05, 3.63) is 18.3 Å². The first kappa shape index (κ1) is 10.7. The molecule has 5 heteroatoms. The second-order valence-corrected chi connectivity index (χ2v) is 3.97. The molecule has 1 aliphatic rings. The Hall–Kier alpha value is -1.78. The van der Waals surface area contributed by atoms with Crippen molar-refractivity contribution < 1.29 is 15.0 Å². The third-order valence-electron chi connectivity index (χ3n) is 2.84. The summed E-state index contributed by atoms with van der Waals surface area (Å²) >= 11 is 0. The maximum atomic E-state index is 10.9. The number of carboxylic acid groups (broad SMARTS) is 1. The van der Waals surface area contributed by atoms with Gasteiger partial charge in [-0.25, -0.2) is 4.98 Å². The van der Waals surface area contributed by atoms with E-state index < -0.39 is 5.97 Å². The highest BCUT2D eigenvalue weighted by Crippen LogP contribution is 2.28. The van der Waals surface area contributed by atoms with E-state index in [1.54, 1.807) is 18.3 Å². The van der Waals surface area contributed by atoms with E-state index in [0.717, 1.165) is 13.0 Å². The number of aliphatic carboxylic acids is 1. The molecule has 0 radical (unpaired) electrons. The Bertz CT molecular complexity index is 395. The second kappa shape index (κ2) is 4.38. The van der Waals surface area contributed by atoms with Crippen LogP contribution in [0.1, 0.15) is 12.8 Å². The number of rotatable bonds is 2. The van der Waals surface area contributed by atoms with Crippen molar-refractivity contribution >= 4 is 11.8 Å². The van der Waals surface area contributed by atoms with Crippen molar-refractivity contribution in [1.82, 2.24) is 4.98 Å². The van der Waals surface area contributed by atoms with Crippen molar-refractivity contribution in [3.63, 3.8) is 0 Å². The highest BCUT2D eigenvalue weighted by atomic mass is 16.4. The van der Waals surface area contributed by atoms with Crippen LogP contribution in [0.15, 0.2) is 18.3 Å². The Balaban J connectivity index is 2.16. The first-order valence-corrected chi connectivity index (χ1v) is 5.30. The van der Waals surface area contributed by atoms with E-state index in [4.69, 9.17) is 5.11 Å². The Morgan fingerprint density at radius 3 is 3.06 bits per heavy atom. The number of hydrogen-bond acceptors (Lipinski definition) is 4. The lowest BCUT2D eigenvalue weighted by atomic mass is 9.98. The van der Waals surface area contributed by atoms with Crippen molar-refractivity contribution in [3.8, 4) is 5.75 Å². The highest BCUT2D eigenvalue weighted by Gasteiger charge is 2.27. The van der Waals surface area contributed by atoms with Crippen LogP contribution in [0.4, 0.5) is 5.82 Å². The topological polar surface area (TPSA) is 73.7 Å². The van der Waals surface area contributed by atoms with E-state index >= 15 is 0 Å². The molecule has 0 spiro atoms. The Labute approximate surface area is 93.3 Å². The molecule has 5 nitrogen and oxygen atoms in total. The van der Waals surface area contributed by atoms with Gasteiger partial charge in [0.1, 0.15) is 0 Å². The van der Waals surface area contributed by atoms with Crippen molar-refractivity contribution in [2.75, 3.05) is 18.0 Å². The van der Waals surface area contributed by atoms with E-state index in [1.165, 1.54) is 0 Å². The fourth-order valence-corrected chi connectivity index (χ4v) is 2.00. The number of nitrogens with zero attached hydrogens (tertiary/aromatic N) is 2. The summed E-state index contributed by atoms with van der Waals surface area (Å²) in [5, 5.41) is 18.6. The van der Waals surface area contributed by atoms with Crippen LogP contribution in [0.2, 0.25) is 0 Å². The van der Waals surface area contributed by atoms with E-state index in [9.17, 15) is 9.90 Å². The van der Waals surface area contributed by atoms with Gasteiger partial charge in [0.05, 0.1) is 5.92 Å². The maximum Gasteiger partial charge on any atom is 0.308 e. The first-order chi connectivity index (χ1) is 7.68. The zero-order chi connectivity index (χ0) is 11.5. The van der Waals surface area contributed by atoms with Crippen LogP contribution in [0, 0.1) is 5.92 Å². The Kier molecular flexibility index (Phi) is 2.94. The molecule has 0 aliphatic carbocycles. The van der Waals surface area contributed by atoms with Gasteiger partial charge >= 0.3 is 5.97 Å². The summed E-state index contributed by atoms with van der Waals surface area (Å²) < 4.78 is 0. The molecule has 86 valence electrons. The third-order valence-corrected chi connectivity index (χ3v) is 2.84. The van der Waals surface area contributed by atoms with Gasteiger partial charge in [-0.05, 0) is 25.0 Å². The van der Waals surface area contributed by atoms with E-state index in [2.05, 4.69) is 4.98 Å². The molecule has 1 aromatic heterocycles. The number of carboxylic acids is 1. The average molecular weight is 222 g/mol. The molecule has 16 heavy (non-hydrogen) atoms. The summed E-state index contributed by atoms with van der Waals surface area (Å²) in [6.45, 7) is 1.16. The van der Waals surface area contributed by atoms with Crippen molar-refractivity contribution in [1.29, 1.82) is 0 Å². The van der Waals surface area contributed by atoms with Gasteiger partial charge in [0, 0.05) is 19.3 Å². The molecule has 0 aromatic carbocycles. The van der Waals surface area contributed by atoms with Crippen LogP contribution < -0.4 is 4.90 Å². The van der Waals surface area contributed by atoms with Gasteiger partial charge in [-0.2, -0.15) is 0 Å². The maximum absolute atomic E-state index is 10.9. The number of aromatic hydroxyl groups is 1. The number of hydrogen-bond donors (Lipinski definition) is 2. The molecular weight excluding hydrogens is 208 g/mol. The molecule has 2 rings (SSSR count). The summed E-state index contributed by atoms with van der Waals surface area (Å²) in [7, 11) is 0. The summed E-state index contributed by atoms with van der Waals surface area (Å²) in [4.78, 5) is 16.8. The van der Waals surface area contributed by atoms with E-state index in [-0.39, 0.29) is 11.7 Å². The van der Waals surface area contributed by atoms with Gasteiger partial charge in [0.2, 0.25) is 0 Å². The van der Waals surface area contributed by atoms with Gasteiger partial charge < -0.3 is 15.1 Å². The quantitative estimate of drug-likeness (QED) is 0.783. The lowest BCUT2D eigenvalue weighted by molar-refractivity contribution is -0.141. The van der Waals surface area contributed by atoms with Gasteiger partial charge in [0.25, 0.3) is 0 Å². The summed E-state index contributed by atoms with van der Waals surface area (Å²) in [5.74, 6) is -0.558. The van der Waals surface area contributed by atoms with Gasteiger partial charge in [0.15, 0.2) is 11.6 Å². The standard InChI is InChI=1S/C11H14N2O3/c14-9-4-1-5-12-10(9)13-6-2-3-8(7-13)11(15)16/h1,4-5,8,14H,2-3,6-7H2,(H,15,16)/t8-/m0/s1. The number of aromatic nitrogens is 1. The minimum Gasteiger partial charge on any atom is -0.504 e. The minimum absolute atomic E-state index is 0.105. The van der Waals surface area contributed by atoms with E-state index in [0.29, 0.717) is 18.8 Å². The molecule has 0 bridgehead atoms. The SMILES string of the molecule is O=C(O)[C@H]1CCCN(c2ncccc2O)C1. The second-order valence-electron chi connectivity index (χ2n) is 3.97. The van der Waals surface area contributed by atoms with Crippen LogP contribution in [0.25, 0.3) is 0 Å². The smallest absolute Gasteiger partial charge is 0.308 e. The summed E-state index contributed by atoms with van der Waals surface area (Å²) in [6, 6.07) is 3.21. The monoisotopic (exact) mass is 222 g/mol. The normalized spacial score (nSPS) is 20.8. The molecule has 0 unspecified atom stereocenters. The highest BCUT2D eigenvalue weighted by molar-refractivity contribution is 5.71. The molecule has 0 saturated carbocycles. The van der Waals surface area contributed by atoms with Gasteiger partial charge in [-0.15, -0.1) is 0 Å². The van der Waals surface area contributed by atoms with Gasteiger partial charge in [-0.3, -0.25) is 4.79 Å².